The van der Waals surface area contributed by atoms with E-state index in [4.69, 9.17) is 15.6 Å². The van der Waals surface area contributed by atoms with Crippen LogP contribution in [0, 0.1) is 5.82 Å². The van der Waals surface area contributed by atoms with Gasteiger partial charge >= 0.3 is 11.9 Å². The molecule has 31 heavy (non-hydrogen) atoms. The Bertz CT molecular complexity index is 1080. The molecule has 0 aromatic heterocycles. The number of carbonyl (C=O) groups excluding carboxylic acids is 1. The highest BCUT2D eigenvalue weighted by atomic mass is 19.1. The smallest absolute Gasteiger partial charge is 0.315 e. The van der Waals surface area contributed by atoms with Gasteiger partial charge in [0.2, 0.25) is 0 Å². The Morgan fingerprint density at radius 3 is 2.16 bits per heavy atom. The number of hydrogen-bond donors (Lipinski definition) is 2. The molecule has 1 aliphatic carbocycles. The van der Waals surface area contributed by atoms with Crippen LogP contribution in [0.5, 0.6) is 0 Å². The van der Waals surface area contributed by atoms with Crippen LogP contribution in [0.2, 0.25) is 0 Å². The van der Waals surface area contributed by atoms with Crippen LogP contribution in [0.15, 0.2) is 72.8 Å². The first-order valence-corrected chi connectivity index (χ1v) is 10.0. The van der Waals surface area contributed by atoms with Crippen molar-refractivity contribution in [2.24, 2.45) is 5.73 Å². The molecule has 3 aromatic carbocycles. The molecule has 4 rings (SSSR count). The Morgan fingerprint density at radius 1 is 0.968 bits per heavy atom. The quantitative estimate of drug-likeness (QED) is 0.564. The van der Waals surface area contributed by atoms with Gasteiger partial charge < -0.3 is 15.6 Å². The highest BCUT2D eigenvalue weighted by Crippen LogP contribution is 2.44. The number of aliphatic carboxylic acids is 1. The predicted molar refractivity (Wildman–Crippen MR) is 114 cm³/mol. The average Bonchev–Trinajstić information content (AvgIpc) is 3.06. The van der Waals surface area contributed by atoms with Gasteiger partial charge in [-0.15, -0.1) is 0 Å². The maximum atomic E-state index is 13.8. The van der Waals surface area contributed by atoms with Crippen LogP contribution in [0.25, 0.3) is 11.1 Å². The standard InChI is InChI=1S/C25H22FNO4/c26-16-7-5-6-15(12-16)24(22(27)13-23(28)29)25(30)31-14-21-19-10-3-1-8-17(19)18-9-2-4-11-20(18)21/h1-12,21-22,24H,13-14,27H2,(H,28,29)/t22-,24?/m0/s1. The van der Waals surface area contributed by atoms with Gasteiger partial charge in [0, 0.05) is 12.0 Å². The zero-order chi connectivity index (χ0) is 22.0. The molecular formula is C25H22FNO4. The molecule has 1 unspecified atom stereocenters. The lowest BCUT2D eigenvalue weighted by molar-refractivity contribution is -0.146. The first-order chi connectivity index (χ1) is 15.0. The zero-order valence-electron chi connectivity index (χ0n) is 16.7. The molecule has 6 heteroatoms. The monoisotopic (exact) mass is 419 g/mol. The van der Waals surface area contributed by atoms with Gasteiger partial charge in [0.1, 0.15) is 12.4 Å². The molecule has 0 saturated carbocycles. The SMILES string of the molecule is N[C@@H](CC(=O)O)C(C(=O)OCC1c2ccccc2-c2ccccc21)c1cccc(F)c1. The van der Waals surface area contributed by atoms with E-state index in [1.54, 1.807) is 6.07 Å². The van der Waals surface area contributed by atoms with E-state index in [2.05, 4.69) is 0 Å². The van der Waals surface area contributed by atoms with Crippen molar-refractivity contribution in [3.63, 3.8) is 0 Å². The van der Waals surface area contributed by atoms with E-state index in [1.807, 2.05) is 48.5 Å². The van der Waals surface area contributed by atoms with Crippen LogP contribution in [0.4, 0.5) is 4.39 Å². The fourth-order valence-electron chi connectivity index (χ4n) is 4.27. The van der Waals surface area contributed by atoms with Crippen molar-refractivity contribution >= 4 is 11.9 Å². The number of hydrogen-bond acceptors (Lipinski definition) is 4. The van der Waals surface area contributed by atoms with Crippen LogP contribution in [-0.2, 0) is 14.3 Å². The summed E-state index contributed by atoms with van der Waals surface area (Å²) >= 11 is 0. The molecule has 3 aromatic rings. The number of halogens is 1. The second-order valence-corrected chi connectivity index (χ2v) is 7.65. The Labute approximate surface area is 179 Å². The minimum atomic E-state index is -1.14. The molecule has 5 nitrogen and oxygen atoms in total. The van der Waals surface area contributed by atoms with Crippen molar-refractivity contribution in [1.82, 2.24) is 0 Å². The van der Waals surface area contributed by atoms with Gasteiger partial charge in [-0.05, 0) is 39.9 Å². The fraction of sp³-hybridized carbons (Fsp3) is 0.200. The van der Waals surface area contributed by atoms with E-state index >= 15 is 0 Å². The number of nitrogens with two attached hydrogens (primary N) is 1. The minimum absolute atomic E-state index is 0.0818. The summed E-state index contributed by atoms with van der Waals surface area (Å²) in [4.78, 5) is 24.2. The van der Waals surface area contributed by atoms with Gasteiger partial charge in [0.05, 0.1) is 12.3 Å². The highest BCUT2D eigenvalue weighted by molar-refractivity contribution is 5.82. The largest absolute Gasteiger partial charge is 0.481 e. The van der Waals surface area contributed by atoms with Crippen molar-refractivity contribution in [2.45, 2.75) is 24.3 Å². The second kappa shape index (κ2) is 8.70. The Kier molecular flexibility index (Phi) is 5.82. The lowest BCUT2D eigenvalue weighted by atomic mass is 9.90. The number of carboxylic acids is 1. The number of carbonyl (C=O) groups is 2. The average molecular weight is 419 g/mol. The first kappa shape index (κ1) is 20.8. The number of ether oxygens (including phenoxy) is 1. The van der Waals surface area contributed by atoms with Gasteiger partial charge in [-0.25, -0.2) is 4.39 Å². The summed E-state index contributed by atoms with van der Waals surface area (Å²) in [6.45, 7) is 0.0818. The summed E-state index contributed by atoms with van der Waals surface area (Å²) in [5, 5.41) is 9.13. The van der Waals surface area contributed by atoms with Crippen LogP contribution in [0.1, 0.15) is 34.9 Å². The van der Waals surface area contributed by atoms with Gasteiger partial charge in [0.15, 0.2) is 0 Å². The molecule has 2 atom stereocenters. The molecule has 0 fully saturated rings. The number of rotatable bonds is 7. The summed E-state index contributed by atoms with van der Waals surface area (Å²) in [6, 6.07) is 20.3. The van der Waals surface area contributed by atoms with E-state index < -0.39 is 36.1 Å². The Morgan fingerprint density at radius 2 is 1.58 bits per heavy atom. The third-order valence-corrected chi connectivity index (χ3v) is 5.66. The van der Waals surface area contributed by atoms with Crippen molar-refractivity contribution in [3.8, 4) is 11.1 Å². The highest BCUT2D eigenvalue weighted by Gasteiger charge is 2.33. The number of carboxylic acid groups (broad SMARTS) is 1. The van der Waals surface area contributed by atoms with Crippen molar-refractivity contribution in [3.05, 3.63) is 95.3 Å². The molecule has 0 bridgehead atoms. The van der Waals surface area contributed by atoms with Crippen molar-refractivity contribution in [1.29, 1.82) is 0 Å². The van der Waals surface area contributed by atoms with Crippen molar-refractivity contribution < 1.29 is 23.8 Å². The molecule has 0 radical (unpaired) electrons. The van der Waals surface area contributed by atoms with Gasteiger partial charge in [-0.3, -0.25) is 9.59 Å². The normalized spacial score (nSPS) is 14.4. The zero-order valence-corrected chi connectivity index (χ0v) is 16.7. The third kappa shape index (κ3) is 4.20. The summed E-state index contributed by atoms with van der Waals surface area (Å²) in [5.41, 5.74) is 10.7. The van der Waals surface area contributed by atoms with Crippen LogP contribution < -0.4 is 5.73 Å². The maximum Gasteiger partial charge on any atom is 0.315 e. The van der Waals surface area contributed by atoms with Crippen LogP contribution >= 0.6 is 0 Å². The Hall–Kier alpha value is -3.51. The Balaban J connectivity index is 1.59. The first-order valence-electron chi connectivity index (χ1n) is 10.0. The number of fused-ring (bicyclic) bond motifs is 3. The van der Waals surface area contributed by atoms with Gasteiger partial charge in [-0.2, -0.15) is 0 Å². The van der Waals surface area contributed by atoms with E-state index in [-0.39, 0.29) is 12.5 Å². The van der Waals surface area contributed by atoms with Gasteiger partial charge in [0.25, 0.3) is 0 Å². The van der Waals surface area contributed by atoms with E-state index in [9.17, 15) is 14.0 Å². The maximum absolute atomic E-state index is 13.8. The van der Waals surface area contributed by atoms with Gasteiger partial charge in [-0.1, -0.05) is 60.7 Å². The number of benzene rings is 3. The van der Waals surface area contributed by atoms with E-state index in [0.717, 1.165) is 22.3 Å². The van der Waals surface area contributed by atoms with Crippen LogP contribution in [0.3, 0.4) is 0 Å². The predicted octanol–water partition coefficient (Wildman–Crippen LogP) is 4.07. The summed E-state index contributed by atoms with van der Waals surface area (Å²) in [7, 11) is 0. The minimum Gasteiger partial charge on any atom is -0.481 e. The summed E-state index contributed by atoms with van der Waals surface area (Å²) in [5.74, 6) is -3.56. The van der Waals surface area contributed by atoms with E-state index in [0.29, 0.717) is 5.56 Å². The molecule has 3 N–H and O–H groups in total. The van der Waals surface area contributed by atoms with E-state index in [1.165, 1.54) is 18.2 Å². The molecule has 0 spiro atoms. The molecule has 158 valence electrons. The van der Waals surface area contributed by atoms with Crippen molar-refractivity contribution in [2.75, 3.05) is 6.61 Å². The summed E-state index contributed by atoms with van der Waals surface area (Å²) in [6.07, 6.45) is -0.439. The number of esters is 1. The topological polar surface area (TPSA) is 89.6 Å². The fourth-order valence-corrected chi connectivity index (χ4v) is 4.27. The third-order valence-electron chi connectivity index (χ3n) is 5.66. The molecule has 0 aliphatic heterocycles. The lowest BCUT2D eigenvalue weighted by Gasteiger charge is -2.23. The van der Waals surface area contributed by atoms with Crippen LogP contribution in [-0.4, -0.2) is 29.7 Å². The molecule has 0 amide bonds. The molecule has 1 aliphatic rings. The second-order valence-electron chi connectivity index (χ2n) is 7.65. The molecule has 0 saturated heterocycles. The lowest BCUT2D eigenvalue weighted by Crippen LogP contribution is -2.37. The molecule has 0 heterocycles. The molecular weight excluding hydrogens is 397 g/mol. The summed E-state index contributed by atoms with van der Waals surface area (Å²) < 4.78 is 19.4.